The lowest BCUT2D eigenvalue weighted by molar-refractivity contribution is 0.128. The van der Waals surface area contributed by atoms with Gasteiger partial charge in [0.1, 0.15) is 17.7 Å². The number of aliphatic hydroxyl groups is 1. The summed E-state index contributed by atoms with van der Waals surface area (Å²) in [7, 11) is 0. The van der Waals surface area contributed by atoms with Crippen molar-refractivity contribution in [2.45, 2.75) is 51.9 Å². The van der Waals surface area contributed by atoms with E-state index in [-0.39, 0.29) is 6.04 Å². The summed E-state index contributed by atoms with van der Waals surface area (Å²) in [4.78, 5) is 4.75. The molecule has 0 amide bonds. The second-order valence-corrected chi connectivity index (χ2v) is 6.22. The van der Waals surface area contributed by atoms with Gasteiger partial charge in [-0.1, -0.05) is 19.1 Å². The van der Waals surface area contributed by atoms with Crippen molar-refractivity contribution in [1.29, 1.82) is 0 Å². The van der Waals surface area contributed by atoms with Crippen molar-refractivity contribution in [1.82, 2.24) is 14.9 Å². The van der Waals surface area contributed by atoms with Crippen LogP contribution in [-0.4, -0.2) is 20.7 Å². The number of fused-ring (bicyclic) bond motifs is 1. The summed E-state index contributed by atoms with van der Waals surface area (Å²) in [6.07, 6.45) is 2.67. The molecule has 24 heavy (non-hydrogen) atoms. The van der Waals surface area contributed by atoms with E-state index in [2.05, 4.69) is 41.9 Å². The fourth-order valence-corrected chi connectivity index (χ4v) is 3.01. The maximum atomic E-state index is 10.2. The number of para-hydroxylation sites is 2. The number of aryl methyl sites for hydroxylation is 1. The Kier molecular flexibility index (Phi) is 5.33. The van der Waals surface area contributed by atoms with Gasteiger partial charge in [0.2, 0.25) is 0 Å². The van der Waals surface area contributed by atoms with Gasteiger partial charge in [-0.15, -0.1) is 0 Å². The molecule has 128 valence electrons. The van der Waals surface area contributed by atoms with E-state index in [0.29, 0.717) is 18.7 Å². The summed E-state index contributed by atoms with van der Waals surface area (Å²) in [6, 6.07) is 12.0. The zero-order valence-corrected chi connectivity index (χ0v) is 14.3. The Morgan fingerprint density at radius 3 is 2.83 bits per heavy atom. The van der Waals surface area contributed by atoms with E-state index in [9.17, 15) is 5.11 Å². The average Bonchev–Trinajstić information content (AvgIpc) is 3.22. The van der Waals surface area contributed by atoms with Crippen molar-refractivity contribution in [2.75, 3.05) is 0 Å². The Hall–Kier alpha value is -2.11. The van der Waals surface area contributed by atoms with E-state index in [1.54, 1.807) is 18.4 Å². The van der Waals surface area contributed by atoms with E-state index in [1.807, 2.05) is 6.07 Å². The first kappa shape index (κ1) is 16.7. The first-order chi connectivity index (χ1) is 11.7. The number of furan rings is 1. The molecule has 0 fully saturated rings. The van der Waals surface area contributed by atoms with Crippen LogP contribution in [0.4, 0.5) is 0 Å². The number of aromatic nitrogens is 2. The normalized spacial score (nSPS) is 14.1. The lowest BCUT2D eigenvalue weighted by Crippen LogP contribution is -2.28. The number of hydrogen-bond donors (Lipinski definition) is 2. The van der Waals surface area contributed by atoms with Gasteiger partial charge in [-0.3, -0.25) is 0 Å². The molecule has 2 unspecified atom stereocenters. The molecule has 2 heterocycles. The minimum absolute atomic E-state index is 0.153. The Morgan fingerprint density at radius 1 is 1.25 bits per heavy atom. The summed E-state index contributed by atoms with van der Waals surface area (Å²) in [5.41, 5.74) is 2.21. The fourth-order valence-electron chi connectivity index (χ4n) is 3.01. The van der Waals surface area contributed by atoms with Gasteiger partial charge in [0.05, 0.1) is 23.8 Å². The van der Waals surface area contributed by atoms with Gasteiger partial charge in [-0.2, -0.15) is 0 Å². The van der Waals surface area contributed by atoms with Crippen molar-refractivity contribution in [3.05, 3.63) is 54.2 Å². The van der Waals surface area contributed by atoms with Gasteiger partial charge in [0.15, 0.2) is 0 Å². The molecule has 0 radical (unpaired) electrons. The maximum Gasteiger partial charge on any atom is 0.132 e. The summed E-state index contributed by atoms with van der Waals surface area (Å²) >= 11 is 0. The van der Waals surface area contributed by atoms with E-state index in [0.717, 1.165) is 24.3 Å². The fraction of sp³-hybridized carbons (Fsp3) is 0.421. The number of hydrogen-bond acceptors (Lipinski definition) is 4. The first-order valence-corrected chi connectivity index (χ1v) is 8.58. The lowest BCUT2D eigenvalue weighted by atomic mass is 10.1. The largest absolute Gasteiger partial charge is 0.467 e. The van der Waals surface area contributed by atoms with Crippen molar-refractivity contribution >= 4 is 11.0 Å². The van der Waals surface area contributed by atoms with Crippen molar-refractivity contribution < 1.29 is 9.52 Å². The molecule has 5 nitrogen and oxygen atoms in total. The average molecular weight is 327 g/mol. The second-order valence-electron chi connectivity index (χ2n) is 6.22. The van der Waals surface area contributed by atoms with Crippen molar-refractivity contribution in [3.63, 3.8) is 0 Å². The number of benzene rings is 1. The molecule has 2 atom stereocenters. The van der Waals surface area contributed by atoms with Gasteiger partial charge < -0.3 is 19.4 Å². The van der Waals surface area contributed by atoms with Gasteiger partial charge >= 0.3 is 0 Å². The van der Waals surface area contributed by atoms with Crippen LogP contribution in [0.3, 0.4) is 0 Å². The summed E-state index contributed by atoms with van der Waals surface area (Å²) in [5.74, 6) is 1.65. The number of nitrogens with one attached hydrogen (secondary N) is 1. The summed E-state index contributed by atoms with van der Waals surface area (Å²) in [6.45, 7) is 5.88. The number of aliphatic hydroxyl groups excluding tert-OH is 1. The molecular weight excluding hydrogens is 302 g/mol. The number of imidazole rings is 1. The molecule has 5 heteroatoms. The van der Waals surface area contributed by atoms with Crippen molar-refractivity contribution in [2.24, 2.45) is 0 Å². The van der Waals surface area contributed by atoms with E-state index in [4.69, 9.17) is 9.40 Å². The molecule has 0 aliphatic carbocycles. The highest BCUT2D eigenvalue weighted by molar-refractivity contribution is 5.75. The molecule has 2 N–H and O–H groups in total. The Balaban J connectivity index is 1.65. The van der Waals surface area contributed by atoms with E-state index >= 15 is 0 Å². The Bertz CT molecular complexity index is 764. The van der Waals surface area contributed by atoms with Gasteiger partial charge in [-0.05, 0) is 44.0 Å². The van der Waals surface area contributed by atoms with Crippen LogP contribution in [0.2, 0.25) is 0 Å². The van der Waals surface area contributed by atoms with Crippen LogP contribution in [0.15, 0.2) is 47.1 Å². The van der Waals surface area contributed by atoms with Crippen LogP contribution in [-0.2, 0) is 13.1 Å². The molecule has 0 bridgehead atoms. The SMILES string of the molecule is CCCn1c(CNC(C)CC(O)c2ccco2)nc2ccccc21. The Labute approximate surface area is 142 Å². The number of nitrogens with zero attached hydrogens (tertiary/aromatic N) is 2. The van der Waals surface area contributed by atoms with Crippen LogP contribution in [0.1, 0.15) is 44.4 Å². The maximum absolute atomic E-state index is 10.2. The van der Waals surface area contributed by atoms with Crippen molar-refractivity contribution in [3.8, 4) is 0 Å². The van der Waals surface area contributed by atoms with Crippen LogP contribution in [0, 0.1) is 0 Å². The van der Waals surface area contributed by atoms with Crippen LogP contribution in [0.5, 0.6) is 0 Å². The van der Waals surface area contributed by atoms with Crippen LogP contribution < -0.4 is 5.32 Å². The smallest absolute Gasteiger partial charge is 0.132 e. The predicted octanol–water partition coefficient (Wildman–Crippen LogP) is 3.64. The molecule has 0 aliphatic rings. The molecule has 3 rings (SSSR count). The highest BCUT2D eigenvalue weighted by Crippen LogP contribution is 2.20. The first-order valence-electron chi connectivity index (χ1n) is 8.58. The van der Waals surface area contributed by atoms with E-state index < -0.39 is 6.10 Å². The van der Waals surface area contributed by atoms with Crippen LogP contribution in [0.25, 0.3) is 11.0 Å². The molecule has 0 saturated heterocycles. The standard InChI is InChI=1S/C19H25N3O2/c1-3-10-22-16-8-5-4-7-15(16)21-19(22)13-20-14(2)12-17(23)18-9-6-11-24-18/h4-9,11,14,17,20,23H,3,10,12-13H2,1-2H3. The molecular formula is C19H25N3O2. The van der Waals surface area contributed by atoms with E-state index in [1.165, 1.54) is 5.52 Å². The summed E-state index contributed by atoms with van der Waals surface area (Å²) in [5, 5.41) is 13.6. The molecule has 2 aromatic heterocycles. The second kappa shape index (κ2) is 7.64. The highest BCUT2D eigenvalue weighted by atomic mass is 16.4. The van der Waals surface area contributed by atoms with Gasteiger partial charge in [0.25, 0.3) is 0 Å². The Morgan fingerprint density at radius 2 is 2.08 bits per heavy atom. The zero-order chi connectivity index (χ0) is 16.9. The summed E-state index contributed by atoms with van der Waals surface area (Å²) < 4.78 is 7.53. The molecule has 0 aliphatic heterocycles. The minimum atomic E-state index is -0.586. The highest BCUT2D eigenvalue weighted by Gasteiger charge is 2.16. The van der Waals surface area contributed by atoms with Crippen LogP contribution >= 0.6 is 0 Å². The molecule has 3 aromatic rings. The predicted molar refractivity (Wildman–Crippen MR) is 94.6 cm³/mol. The molecule has 1 aromatic carbocycles. The third-order valence-electron chi connectivity index (χ3n) is 4.24. The number of rotatable bonds is 8. The quantitative estimate of drug-likeness (QED) is 0.663. The lowest BCUT2D eigenvalue weighted by Gasteiger charge is -2.17. The topological polar surface area (TPSA) is 63.2 Å². The zero-order valence-electron chi connectivity index (χ0n) is 14.3. The molecule has 0 spiro atoms. The monoisotopic (exact) mass is 327 g/mol. The van der Waals surface area contributed by atoms with Gasteiger partial charge in [-0.25, -0.2) is 4.98 Å². The minimum Gasteiger partial charge on any atom is -0.467 e. The molecule has 0 saturated carbocycles. The third-order valence-corrected chi connectivity index (χ3v) is 4.24. The van der Waals surface area contributed by atoms with Gasteiger partial charge in [0, 0.05) is 12.6 Å². The third kappa shape index (κ3) is 3.68.